The molecule has 2 saturated heterocycles. The first-order valence-corrected chi connectivity index (χ1v) is 12.4. The highest BCUT2D eigenvalue weighted by molar-refractivity contribution is 9.10. The minimum Gasteiger partial charge on any atom is -0.324 e. The van der Waals surface area contributed by atoms with E-state index in [4.69, 9.17) is 11.6 Å². The van der Waals surface area contributed by atoms with Crippen molar-refractivity contribution in [1.29, 1.82) is 0 Å². The van der Waals surface area contributed by atoms with E-state index in [1.165, 1.54) is 0 Å². The summed E-state index contributed by atoms with van der Waals surface area (Å²) >= 11 is 9.67. The Bertz CT molecular complexity index is 1260. The molecule has 4 unspecified atom stereocenters. The van der Waals surface area contributed by atoms with Crippen LogP contribution in [0.1, 0.15) is 40.2 Å². The largest absolute Gasteiger partial charge is 0.324 e. The number of ketones is 1. The number of nitrogens with zero attached hydrogens (tertiary/aromatic N) is 1. The maximum atomic E-state index is 14.3. The third kappa shape index (κ3) is 2.99. The van der Waals surface area contributed by atoms with Crippen LogP contribution in [0.25, 0.3) is 0 Å². The van der Waals surface area contributed by atoms with Gasteiger partial charge in [0.25, 0.3) is 0 Å². The number of benzene rings is 3. The molecule has 0 bridgehead atoms. The number of hydrogen-bond donors (Lipinski definition) is 1. The second-order valence-electron chi connectivity index (χ2n) is 9.10. The molecule has 6 rings (SSSR count). The Labute approximate surface area is 206 Å². The van der Waals surface area contributed by atoms with E-state index in [1.54, 1.807) is 0 Å². The lowest BCUT2D eigenvalue weighted by Crippen LogP contribution is -2.52. The predicted molar refractivity (Wildman–Crippen MR) is 133 cm³/mol. The number of para-hydroxylation sites is 1. The second-order valence-corrected chi connectivity index (χ2v) is 10.4. The summed E-state index contributed by atoms with van der Waals surface area (Å²) in [6.45, 7) is 0.792. The van der Waals surface area contributed by atoms with Crippen LogP contribution in [0.4, 0.5) is 5.69 Å². The molecular formula is C27H22BrClN2O2. The van der Waals surface area contributed by atoms with Gasteiger partial charge in [-0.2, -0.15) is 0 Å². The number of halogens is 2. The zero-order valence-corrected chi connectivity index (χ0v) is 20.1. The van der Waals surface area contributed by atoms with Gasteiger partial charge in [0.1, 0.15) is 5.54 Å². The zero-order valence-electron chi connectivity index (χ0n) is 17.8. The quantitative estimate of drug-likeness (QED) is 0.429. The van der Waals surface area contributed by atoms with Crippen molar-refractivity contribution in [3.63, 3.8) is 0 Å². The van der Waals surface area contributed by atoms with Gasteiger partial charge in [-0.1, -0.05) is 70.0 Å². The van der Waals surface area contributed by atoms with E-state index in [1.807, 2.05) is 72.8 Å². The Morgan fingerprint density at radius 1 is 1.03 bits per heavy atom. The van der Waals surface area contributed by atoms with Crippen LogP contribution in [-0.2, 0) is 10.3 Å². The van der Waals surface area contributed by atoms with Crippen LogP contribution in [0.5, 0.6) is 0 Å². The maximum absolute atomic E-state index is 14.3. The summed E-state index contributed by atoms with van der Waals surface area (Å²) in [5, 5.41) is 3.77. The maximum Gasteiger partial charge on any atom is 0.250 e. The molecule has 3 aromatic carbocycles. The van der Waals surface area contributed by atoms with Crippen molar-refractivity contribution in [3.8, 4) is 0 Å². The lowest BCUT2D eigenvalue weighted by molar-refractivity contribution is -0.127. The number of amides is 1. The molecule has 2 fully saturated rings. The first-order valence-electron chi connectivity index (χ1n) is 11.2. The van der Waals surface area contributed by atoms with E-state index in [-0.39, 0.29) is 23.7 Å². The van der Waals surface area contributed by atoms with Crippen molar-refractivity contribution in [1.82, 2.24) is 4.90 Å². The van der Waals surface area contributed by atoms with E-state index in [9.17, 15) is 9.59 Å². The summed E-state index contributed by atoms with van der Waals surface area (Å²) < 4.78 is 0.916. The molecule has 0 aromatic heterocycles. The highest BCUT2D eigenvalue weighted by Gasteiger charge is 2.69. The zero-order chi connectivity index (χ0) is 22.7. The van der Waals surface area contributed by atoms with Crippen molar-refractivity contribution in [2.45, 2.75) is 30.3 Å². The monoisotopic (exact) mass is 520 g/mol. The van der Waals surface area contributed by atoms with Gasteiger partial charge in [0, 0.05) is 38.3 Å². The minimum absolute atomic E-state index is 0.00343. The normalized spacial score (nSPS) is 28.1. The summed E-state index contributed by atoms with van der Waals surface area (Å²) in [5.74, 6) is -0.752. The number of anilines is 1. The standard InChI is InChI=1S/C27H22BrClN2O2/c28-18-11-7-17(8-12-18)25(32)24-23(16-9-13-19(29)14-10-16)22-6-3-15-31(22)27(24)20-4-1-2-5-21(20)30-26(27)33/h1-2,4-5,7-14,22-24H,3,6,15H2,(H,30,33). The Balaban J connectivity index is 1.60. The molecule has 1 amide bonds. The molecule has 1 spiro atoms. The molecule has 3 aliphatic rings. The van der Waals surface area contributed by atoms with Gasteiger partial charge in [-0.25, -0.2) is 0 Å². The van der Waals surface area contributed by atoms with Gasteiger partial charge in [0.15, 0.2) is 5.78 Å². The molecule has 6 heteroatoms. The SMILES string of the molecule is O=C(c1ccc(Br)cc1)C1C(c2ccc(Cl)cc2)C2CCCN2C12C(=O)Nc1ccccc12. The molecule has 1 N–H and O–H groups in total. The van der Waals surface area contributed by atoms with Crippen molar-refractivity contribution < 1.29 is 9.59 Å². The van der Waals surface area contributed by atoms with Gasteiger partial charge in [-0.05, 0) is 55.3 Å². The summed E-state index contributed by atoms with van der Waals surface area (Å²) in [5.41, 5.74) is 2.37. The summed E-state index contributed by atoms with van der Waals surface area (Å²) in [6.07, 6.45) is 1.96. The highest BCUT2D eigenvalue weighted by Crippen LogP contribution is 2.61. The molecule has 0 radical (unpaired) electrons. The van der Waals surface area contributed by atoms with E-state index >= 15 is 0 Å². The average Bonchev–Trinajstić information content (AvgIpc) is 3.48. The number of carbonyl (C=O) groups excluding carboxylic acids is 2. The lowest BCUT2D eigenvalue weighted by Gasteiger charge is -2.36. The Kier molecular flexibility index (Phi) is 4.98. The smallest absolute Gasteiger partial charge is 0.250 e. The van der Waals surface area contributed by atoms with Crippen molar-refractivity contribution in [2.75, 3.05) is 11.9 Å². The molecule has 0 saturated carbocycles. The van der Waals surface area contributed by atoms with Gasteiger partial charge in [0.05, 0.1) is 5.92 Å². The summed E-state index contributed by atoms with van der Waals surface area (Å²) in [4.78, 5) is 30.5. The predicted octanol–water partition coefficient (Wildman–Crippen LogP) is 6.01. The van der Waals surface area contributed by atoms with Crippen LogP contribution >= 0.6 is 27.5 Å². The number of nitrogens with one attached hydrogen (secondary N) is 1. The molecule has 3 aromatic rings. The van der Waals surface area contributed by atoms with E-state index in [0.29, 0.717) is 10.6 Å². The molecule has 4 nitrogen and oxygen atoms in total. The van der Waals surface area contributed by atoms with Gasteiger partial charge in [-0.15, -0.1) is 0 Å². The van der Waals surface area contributed by atoms with Crippen molar-refractivity contribution in [3.05, 3.63) is 99.0 Å². The summed E-state index contributed by atoms with van der Waals surface area (Å²) in [6, 6.07) is 23.2. The molecule has 3 aliphatic heterocycles. The lowest BCUT2D eigenvalue weighted by atomic mass is 9.69. The number of Topliss-reactive ketones (excluding diaryl/α,β-unsaturated/α-hetero) is 1. The van der Waals surface area contributed by atoms with E-state index in [2.05, 4.69) is 26.1 Å². The Morgan fingerprint density at radius 3 is 2.52 bits per heavy atom. The number of fused-ring (bicyclic) bond motifs is 4. The minimum atomic E-state index is -1.02. The summed E-state index contributed by atoms with van der Waals surface area (Å²) in [7, 11) is 0. The van der Waals surface area contributed by atoms with Gasteiger partial charge >= 0.3 is 0 Å². The fourth-order valence-corrected chi connectivity index (χ4v) is 6.76. The topological polar surface area (TPSA) is 49.4 Å². The fourth-order valence-electron chi connectivity index (χ4n) is 6.37. The van der Waals surface area contributed by atoms with Gasteiger partial charge < -0.3 is 5.32 Å². The third-order valence-corrected chi connectivity index (χ3v) is 8.35. The molecule has 33 heavy (non-hydrogen) atoms. The number of rotatable bonds is 3. The average molecular weight is 522 g/mol. The Hall–Kier alpha value is -2.47. The van der Waals surface area contributed by atoms with Crippen LogP contribution in [0.3, 0.4) is 0 Å². The highest BCUT2D eigenvalue weighted by atomic mass is 79.9. The molecule has 4 atom stereocenters. The Morgan fingerprint density at radius 2 is 1.76 bits per heavy atom. The first-order chi connectivity index (χ1) is 16.0. The molecule has 3 heterocycles. The van der Waals surface area contributed by atoms with Crippen molar-refractivity contribution in [2.24, 2.45) is 5.92 Å². The third-order valence-electron chi connectivity index (χ3n) is 7.57. The second kappa shape index (κ2) is 7.79. The van der Waals surface area contributed by atoms with E-state index < -0.39 is 11.5 Å². The van der Waals surface area contributed by atoms with Crippen LogP contribution < -0.4 is 5.32 Å². The van der Waals surface area contributed by atoms with E-state index in [0.717, 1.165) is 40.7 Å². The number of carbonyl (C=O) groups is 2. The van der Waals surface area contributed by atoms with Crippen LogP contribution in [0, 0.1) is 5.92 Å². The van der Waals surface area contributed by atoms with Crippen LogP contribution in [0.15, 0.2) is 77.3 Å². The number of hydrogen-bond acceptors (Lipinski definition) is 3. The van der Waals surface area contributed by atoms with Crippen molar-refractivity contribution >= 4 is 44.9 Å². The van der Waals surface area contributed by atoms with Crippen LogP contribution in [0.2, 0.25) is 5.02 Å². The molecular weight excluding hydrogens is 500 g/mol. The van der Waals surface area contributed by atoms with Gasteiger partial charge in [-0.3, -0.25) is 14.5 Å². The van der Waals surface area contributed by atoms with Gasteiger partial charge in [0.2, 0.25) is 5.91 Å². The molecule has 0 aliphatic carbocycles. The van der Waals surface area contributed by atoms with Crippen LogP contribution in [-0.4, -0.2) is 29.2 Å². The fraction of sp³-hybridized carbons (Fsp3) is 0.259. The molecule has 166 valence electrons. The first kappa shape index (κ1) is 21.1.